The second kappa shape index (κ2) is 9.66. The van der Waals surface area contributed by atoms with Crippen molar-refractivity contribution in [3.63, 3.8) is 0 Å². The normalized spacial score (nSPS) is 18.9. The lowest BCUT2D eigenvalue weighted by atomic mass is 9.96. The molecule has 0 spiro atoms. The van der Waals surface area contributed by atoms with Crippen molar-refractivity contribution in [2.45, 2.75) is 46.3 Å². The molecule has 1 aromatic heterocycles. The van der Waals surface area contributed by atoms with Crippen molar-refractivity contribution >= 4 is 23.6 Å². The molecule has 4 heterocycles. The van der Waals surface area contributed by atoms with Gasteiger partial charge in [-0.3, -0.25) is 4.79 Å². The van der Waals surface area contributed by atoms with Gasteiger partial charge in [-0.1, -0.05) is 0 Å². The minimum absolute atomic E-state index is 0.0753. The molecule has 10 heteroatoms. The number of hydrogen-bond donors (Lipinski definition) is 1. The molecule has 184 valence electrons. The van der Waals surface area contributed by atoms with Crippen molar-refractivity contribution in [1.29, 1.82) is 5.26 Å². The van der Waals surface area contributed by atoms with Crippen molar-refractivity contribution < 1.29 is 14.3 Å². The van der Waals surface area contributed by atoms with E-state index in [-0.39, 0.29) is 12.0 Å². The maximum absolute atomic E-state index is 12.5. The number of aromatic nitrogens is 1. The number of hydrogen-bond acceptors (Lipinski definition) is 8. The second-order valence-corrected chi connectivity index (χ2v) is 10.1. The maximum Gasteiger partial charge on any atom is 0.410 e. The first-order chi connectivity index (χ1) is 16.2. The van der Waals surface area contributed by atoms with Crippen LogP contribution in [0.3, 0.4) is 0 Å². The lowest BCUT2D eigenvalue weighted by molar-refractivity contribution is -0.129. The van der Waals surface area contributed by atoms with Gasteiger partial charge in [0.05, 0.1) is 5.56 Å². The monoisotopic (exact) mass is 469 g/mol. The number of carbonyl (C=O) groups excluding carboxylic acids is 2. The summed E-state index contributed by atoms with van der Waals surface area (Å²) in [5.41, 5.74) is 2.27. The molecule has 0 unspecified atom stereocenters. The van der Waals surface area contributed by atoms with Gasteiger partial charge in [-0.2, -0.15) is 5.26 Å². The van der Waals surface area contributed by atoms with E-state index in [0.29, 0.717) is 70.3 Å². The maximum atomic E-state index is 12.5. The number of rotatable bonds is 2. The molecule has 1 N–H and O–H groups in total. The summed E-state index contributed by atoms with van der Waals surface area (Å²) in [6, 6.07) is 2.42. The highest BCUT2D eigenvalue weighted by Gasteiger charge is 2.32. The molecule has 3 aliphatic rings. The summed E-state index contributed by atoms with van der Waals surface area (Å²) in [6.45, 7) is 13.7. The number of amides is 2. The molecule has 2 saturated heterocycles. The fourth-order valence-corrected chi connectivity index (χ4v) is 4.80. The van der Waals surface area contributed by atoms with Crippen LogP contribution in [-0.2, 0) is 22.5 Å². The number of fused-ring (bicyclic) bond motifs is 1. The van der Waals surface area contributed by atoms with Crippen molar-refractivity contribution in [2.24, 2.45) is 0 Å². The minimum atomic E-state index is -0.518. The van der Waals surface area contributed by atoms with Gasteiger partial charge in [0.15, 0.2) is 0 Å². The number of nitrogens with zero attached hydrogens (tertiary/aromatic N) is 6. The second-order valence-electron chi connectivity index (χ2n) is 10.1. The number of carbonyl (C=O) groups is 2. The SMILES string of the molecule is CC(=O)N1CCN(c2nc(N3CCN(C(=O)OC(C)(C)C)CC3)c3c(c2C#N)CNCC3)CC1. The quantitative estimate of drug-likeness (QED) is 0.692. The highest BCUT2D eigenvalue weighted by molar-refractivity contribution is 5.74. The molecule has 0 atom stereocenters. The van der Waals surface area contributed by atoms with Crippen LogP contribution in [-0.4, -0.2) is 91.3 Å². The Kier molecular flexibility index (Phi) is 6.84. The average molecular weight is 470 g/mol. The van der Waals surface area contributed by atoms with E-state index in [4.69, 9.17) is 9.72 Å². The summed E-state index contributed by atoms with van der Waals surface area (Å²) in [5.74, 6) is 1.70. The molecular weight excluding hydrogens is 434 g/mol. The summed E-state index contributed by atoms with van der Waals surface area (Å²) < 4.78 is 5.54. The molecule has 4 rings (SSSR count). The molecule has 34 heavy (non-hydrogen) atoms. The van der Waals surface area contributed by atoms with E-state index in [0.717, 1.165) is 29.9 Å². The zero-order chi connectivity index (χ0) is 24.5. The van der Waals surface area contributed by atoms with E-state index in [9.17, 15) is 14.9 Å². The first-order valence-electron chi connectivity index (χ1n) is 12.1. The van der Waals surface area contributed by atoms with Gasteiger partial charge < -0.3 is 29.7 Å². The molecule has 0 aliphatic carbocycles. The van der Waals surface area contributed by atoms with Crippen molar-refractivity contribution in [3.05, 3.63) is 16.7 Å². The average Bonchev–Trinajstić information content (AvgIpc) is 2.82. The summed E-state index contributed by atoms with van der Waals surface area (Å²) in [7, 11) is 0. The van der Waals surface area contributed by atoms with Gasteiger partial charge >= 0.3 is 6.09 Å². The van der Waals surface area contributed by atoms with Crippen LogP contribution in [0.25, 0.3) is 0 Å². The lowest BCUT2D eigenvalue weighted by Gasteiger charge is -2.39. The number of pyridine rings is 1. The third-order valence-electron chi connectivity index (χ3n) is 6.59. The van der Waals surface area contributed by atoms with Gasteiger partial charge in [0, 0.05) is 71.4 Å². The molecular formula is C24H35N7O3. The van der Waals surface area contributed by atoms with Crippen LogP contribution < -0.4 is 15.1 Å². The third kappa shape index (κ3) is 5.04. The Morgan fingerprint density at radius 3 is 2.09 bits per heavy atom. The predicted octanol–water partition coefficient (Wildman–Crippen LogP) is 1.32. The van der Waals surface area contributed by atoms with Crippen molar-refractivity contribution in [3.8, 4) is 6.07 Å². The van der Waals surface area contributed by atoms with E-state index >= 15 is 0 Å². The fraction of sp³-hybridized carbons (Fsp3) is 0.667. The number of ether oxygens (including phenoxy) is 1. The Hall–Kier alpha value is -3.06. The molecule has 0 aromatic carbocycles. The summed E-state index contributed by atoms with van der Waals surface area (Å²) >= 11 is 0. The van der Waals surface area contributed by atoms with Gasteiger partial charge in [-0.05, 0) is 39.3 Å². The van der Waals surface area contributed by atoms with E-state index in [1.807, 2.05) is 25.7 Å². The minimum Gasteiger partial charge on any atom is -0.444 e. The van der Waals surface area contributed by atoms with E-state index in [1.54, 1.807) is 11.8 Å². The molecule has 0 saturated carbocycles. The van der Waals surface area contributed by atoms with Crippen LogP contribution in [0.4, 0.5) is 16.4 Å². The number of piperazine rings is 2. The van der Waals surface area contributed by atoms with Gasteiger partial charge in [-0.25, -0.2) is 9.78 Å². The highest BCUT2D eigenvalue weighted by Crippen LogP contribution is 2.34. The Balaban J connectivity index is 1.58. The van der Waals surface area contributed by atoms with Crippen molar-refractivity contribution in [1.82, 2.24) is 20.1 Å². The Bertz CT molecular complexity index is 982. The largest absolute Gasteiger partial charge is 0.444 e. The molecule has 0 radical (unpaired) electrons. The van der Waals surface area contributed by atoms with E-state index < -0.39 is 5.60 Å². The Labute approximate surface area is 201 Å². The zero-order valence-electron chi connectivity index (χ0n) is 20.7. The van der Waals surface area contributed by atoms with Crippen molar-refractivity contribution in [2.75, 3.05) is 68.7 Å². The summed E-state index contributed by atoms with van der Waals surface area (Å²) in [4.78, 5) is 37.3. The third-order valence-corrected chi connectivity index (χ3v) is 6.59. The molecule has 2 fully saturated rings. The molecule has 2 amide bonds. The summed E-state index contributed by atoms with van der Waals surface area (Å²) in [5, 5.41) is 13.5. The van der Waals surface area contributed by atoms with Gasteiger partial charge in [0.25, 0.3) is 0 Å². The van der Waals surface area contributed by atoms with Gasteiger partial charge in [-0.15, -0.1) is 0 Å². The number of nitriles is 1. The van der Waals surface area contributed by atoms with Crippen LogP contribution in [0.1, 0.15) is 44.4 Å². The molecule has 0 bridgehead atoms. The Morgan fingerprint density at radius 1 is 0.941 bits per heavy atom. The van der Waals surface area contributed by atoms with Crippen LogP contribution in [0.15, 0.2) is 0 Å². The number of nitrogens with one attached hydrogen (secondary N) is 1. The Morgan fingerprint density at radius 2 is 1.53 bits per heavy atom. The molecule has 3 aliphatic heterocycles. The smallest absolute Gasteiger partial charge is 0.410 e. The van der Waals surface area contributed by atoms with Crippen LogP contribution in [0, 0.1) is 11.3 Å². The van der Waals surface area contributed by atoms with E-state index in [2.05, 4.69) is 21.2 Å². The van der Waals surface area contributed by atoms with Gasteiger partial charge in [0.2, 0.25) is 5.91 Å². The van der Waals surface area contributed by atoms with Crippen LogP contribution >= 0.6 is 0 Å². The lowest BCUT2D eigenvalue weighted by Crippen LogP contribution is -2.51. The van der Waals surface area contributed by atoms with Gasteiger partial charge in [0.1, 0.15) is 23.3 Å². The highest BCUT2D eigenvalue weighted by atomic mass is 16.6. The molecule has 1 aromatic rings. The first-order valence-corrected chi connectivity index (χ1v) is 12.1. The van der Waals surface area contributed by atoms with Crippen LogP contribution in [0.2, 0.25) is 0 Å². The zero-order valence-corrected chi connectivity index (χ0v) is 20.7. The fourth-order valence-electron chi connectivity index (χ4n) is 4.80. The summed E-state index contributed by atoms with van der Waals surface area (Å²) in [6.07, 6.45) is 0.534. The molecule has 10 nitrogen and oxygen atoms in total. The van der Waals surface area contributed by atoms with E-state index in [1.165, 1.54) is 0 Å². The first kappa shape index (κ1) is 24.1. The predicted molar refractivity (Wildman–Crippen MR) is 129 cm³/mol. The topological polar surface area (TPSA) is 105 Å². The standard InChI is InChI=1S/C24H35N7O3/c1-17(32)28-7-9-30(10-8-28)22-19(15-25)20-16-26-6-5-18(20)21(27-22)29-11-13-31(14-12-29)23(33)34-24(2,3)4/h26H,5-14,16H2,1-4H3. The number of anilines is 2. The van der Waals surface area contributed by atoms with Crippen LogP contribution in [0.5, 0.6) is 0 Å².